The van der Waals surface area contributed by atoms with Gasteiger partial charge in [0, 0.05) is 6.26 Å². The van der Waals surface area contributed by atoms with E-state index in [0.29, 0.717) is 18.3 Å². The lowest BCUT2D eigenvalue weighted by Gasteiger charge is -2.07. The van der Waals surface area contributed by atoms with Crippen molar-refractivity contribution >= 4 is 9.84 Å². The Hall–Kier alpha value is -1.10. The summed E-state index contributed by atoms with van der Waals surface area (Å²) in [5.74, 6) is 1.19. The molecule has 0 unspecified atom stereocenters. The van der Waals surface area contributed by atoms with E-state index in [4.69, 9.17) is 4.74 Å². The molecule has 0 aliphatic carbocycles. The Morgan fingerprint density at radius 2 is 2.06 bits per heavy atom. The Labute approximate surface area is 96.6 Å². The molecule has 90 valence electrons. The molecule has 0 fully saturated rings. The summed E-state index contributed by atoms with van der Waals surface area (Å²) in [5, 5.41) is 0.0729. The number of pyridine rings is 1. The van der Waals surface area contributed by atoms with Crippen LogP contribution in [0.5, 0.6) is 5.75 Å². The van der Waals surface area contributed by atoms with Crippen LogP contribution in [0.2, 0.25) is 0 Å². The van der Waals surface area contributed by atoms with Crippen LogP contribution in [0.15, 0.2) is 23.4 Å². The molecule has 0 saturated heterocycles. The lowest BCUT2D eigenvalue weighted by molar-refractivity contribution is 0.288. The first-order chi connectivity index (χ1) is 7.39. The van der Waals surface area contributed by atoms with Crippen LogP contribution in [0, 0.1) is 5.92 Å². The Bertz CT molecular complexity index is 423. The average Bonchev–Trinajstić information content (AvgIpc) is 2.16. The fourth-order valence-corrected chi connectivity index (χ4v) is 1.64. The molecular formula is C11H17NO3S. The average molecular weight is 243 g/mol. The molecule has 1 rings (SSSR count). The molecule has 4 nitrogen and oxygen atoms in total. The van der Waals surface area contributed by atoms with Crippen molar-refractivity contribution in [2.24, 2.45) is 5.92 Å². The van der Waals surface area contributed by atoms with E-state index in [1.807, 2.05) is 0 Å². The Morgan fingerprint density at radius 1 is 1.38 bits per heavy atom. The van der Waals surface area contributed by atoms with Crippen LogP contribution in [0.25, 0.3) is 0 Å². The second-order valence-electron chi connectivity index (χ2n) is 4.14. The zero-order chi connectivity index (χ0) is 12.2. The minimum absolute atomic E-state index is 0.0729. The highest BCUT2D eigenvalue weighted by Crippen LogP contribution is 2.13. The fraction of sp³-hybridized carbons (Fsp3) is 0.545. The first kappa shape index (κ1) is 13.0. The van der Waals surface area contributed by atoms with Crippen LogP contribution in [0.3, 0.4) is 0 Å². The van der Waals surface area contributed by atoms with E-state index in [2.05, 4.69) is 18.8 Å². The first-order valence-electron chi connectivity index (χ1n) is 5.18. The molecule has 0 bridgehead atoms. The molecule has 0 aromatic carbocycles. The fourth-order valence-electron chi connectivity index (χ4n) is 1.08. The summed E-state index contributed by atoms with van der Waals surface area (Å²) in [7, 11) is -3.22. The molecule has 0 aliphatic rings. The number of aromatic nitrogens is 1. The summed E-state index contributed by atoms with van der Waals surface area (Å²) in [6.07, 6.45) is 3.54. The van der Waals surface area contributed by atoms with Crippen molar-refractivity contribution in [2.75, 3.05) is 12.9 Å². The van der Waals surface area contributed by atoms with Crippen molar-refractivity contribution in [1.29, 1.82) is 0 Å². The highest BCUT2D eigenvalue weighted by Gasteiger charge is 2.08. The third-order valence-corrected chi connectivity index (χ3v) is 3.05. The van der Waals surface area contributed by atoms with E-state index in [9.17, 15) is 8.42 Å². The molecule has 0 radical (unpaired) electrons. The summed E-state index contributed by atoms with van der Waals surface area (Å²) in [6.45, 7) is 4.86. The molecule has 16 heavy (non-hydrogen) atoms. The maximum Gasteiger partial charge on any atom is 0.192 e. The molecule has 5 heteroatoms. The van der Waals surface area contributed by atoms with E-state index >= 15 is 0 Å². The van der Waals surface area contributed by atoms with Gasteiger partial charge in [-0.2, -0.15) is 0 Å². The zero-order valence-electron chi connectivity index (χ0n) is 9.80. The molecule has 1 aromatic rings. The standard InChI is InChI=1S/C11H17NO3S/c1-9(2)6-7-15-10-4-5-11(12-8-10)16(3,13)14/h4-5,8-9H,6-7H2,1-3H3. The smallest absolute Gasteiger partial charge is 0.192 e. The summed E-state index contributed by atoms with van der Waals surface area (Å²) >= 11 is 0. The van der Waals surface area contributed by atoms with Crippen LogP contribution >= 0.6 is 0 Å². The summed E-state index contributed by atoms with van der Waals surface area (Å²) < 4.78 is 27.7. The predicted octanol–water partition coefficient (Wildman–Crippen LogP) is 1.91. The van der Waals surface area contributed by atoms with Crippen molar-refractivity contribution in [3.8, 4) is 5.75 Å². The number of sulfone groups is 1. The molecule has 1 aromatic heterocycles. The number of ether oxygens (including phenoxy) is 1. The molecule has 0 atom stereocenters. The first-order valence-corrected chi connectivity index (χ1v) is 7.07. The van der Waals surface area contributed by atoms with Gasteiger partial charge in [-0.15, -0.1) is 0 Å². The SMILES string of the molecule is CC(C)CCOc1ccc(S(C)(=O)=O)nc1. The summed E-state index contributed by atoms with van der Waals surface area (Å²) in [6, 6.07) is 3.09. The summed E-state index contributed by atoms with van der Waals surface area (Å²) in [4.78, 5) is 3.83. The minimum atomic E-state index is -3.22. The Kier molecular flexibility index (Phi) is 4.29. The second-order valence-corrected chi connectivity index (χ2v) is 6.10. The molecule has 0 spiro atoms. The van der Waals surface area contributed by atoms with Gasteiger partial charge in [-0.25, -0.2) is 13.4 Å². The van der Waals surface area contributed by atoms with Crippen LogP contribution in [-0.2, 0) is 9.84 Å². The molecule has 0 aliphatic heterocycles. The predicted molar refractivity (Wildman–Crippen MR) is 62.3 cm³/mol. The Morgan fingerprint density at radius 3 is 2.50 bits per heavy atom. The van der Waals surface area contributed by atoms with E-state index in [-0.39, 0.29) is 5.03 Å². The number of hydrogen-bond donors (Lipinski definition) is 0. The third kappa shape index (κ3) is 4.18. The van der Waals surface area contributed by atoms with E-state index in [0.717, 1.165) is 12.7 Å². The van der Waals surface area contributed by atoms with E-state index < -0.39 is 9.84 Å². The molecule has 1 heterocycles. The number of hydrogen-bond acceptors (Lipinski definition) is 4. The maximum atomic E-state index is 11.1. The van der Waals surface area contributed by atoms with Crippen molar-refractivity contribution < 1.29 is 13.2 Å². The van der Waals surface area contributed by atoms with Crippen LogP contribution < -0.4 is 4.74 Å². The topological polar surface area (TPSA) is 56.3 Å². The van der Waals surface area contributed by atoms with E-state index in [1.54, 1.807) is 6.07 Å². The molecule has 0 N–H and O–H groups in total. The lowest BCUT2D eigenvalue weighted by Crippen LogP contribution is -2.03. The second kappa shape index (κ2) is 5.30. The van der Waals surface area contributed by atoms with Crippen molar-refractivity contribution in [1.82, 2.24) is 4.98 Å². The van der Waals surface area contributed by atoms with Gasteiger partial charge in [0.05, 0.1) is 12.8 Å². The number of nitrogens with zero attached hydrogens (tertiary/aromatic N) is 1. The van der Waals surface area contributed by atoms with Crippen LogP contribution in [-0.4, -0.2) is 26.3 Å². The third-order valence-electron chi connectivity index (χ3n) is 2.05. The van der Waals surface area contributed by atoms with Crippen molar-refractivity contribution in [3.05, 3.63) is 18.3 Å². The monoisotopic (exact) mass is 243 g/mol. The van der Waals surface area contributed by atoms with Gasteiger partial charge in [0.1, 0.15) is 5.75 Å². The van der Waals surface area contributed by atoms with Gasteiger partial charge in [-0.05, 0) is 24.5 Å². The van der Waals surface area contributed by atoms with Gasteiger partial charge < -0.3 is 4.74 Å². The van der Waals surface area contributed by atoms with Crippen LogP contribution in [0.4, 0.5) is 0 Å². The quantitative estimate of drug-likeness (QED) is 0.792. The van der Waals surface area contributed by atoms with Gasteiger partial charge in [-0.1, -0.05) is 13.8 Å². The number of rotatable bonds is 5. The lowest BCUT2D eigenvalue weighted by atomic mass is 10.1. The van der Waals surface area contributed by atoms with E-state index in [1.165, 1.54) is 12.3 Å². The molecule has 0 saturated carbocycles. The zero-order valence-corrected chi connectivity index (χ0v) is 10.6. The summed E-state index contributed by atoms with van der Waals surface area (Å²) in [5.41, 5.74) is 0. The van der Waals surface area contributed by atoms with Crippen molar-refractivity contribution in [2.45, 2.75) is 25.3 Å². The maximum absolute atomic E-state index is 11.1. The van der Waals surface area contributed by atoms with Gasteiger partial charge in [0.2, 0.25) is 0 Å². The van der Waals surface area contributed by atoms with Gasteiger partial charge >= 0.3 is 0 Å². The highest BCUT2D eigenvalue weighted by atomic mass is 32.2. The largest absolute Gasteiger partial charge is 0.492 e. The Balaban J connectivity index is 2.59. The molecule has 0 amide bonds. The minimum Gasteiger partial charge on any atom is -0.492 e. The van der Waals surface area contributed by atoms with Crippen molar-refractivity contribution in [3.63, 3.8) is 0 Å². The van der Waals surface area contributed by atoms with Crippen LogP contribution in [0.1, 0.15) is 20.3 Å². The van der Waals surface area contributed by atoms with Gasteiger partial charge in [0.15, 0.2) is 14.9 Å². The van der Waals surface area contributed by atoms with Gasteiger partial charge in [-0.3, -0.25) is 0 Å². The normalized spacial score (nSPS) is 11.8. The van der Waals surface area contributed by atoms with Gasteiger partial charge in [0.25, 0.3) is 0 Å². The highest BCUT2D eigenvalue weighted by molar-refractivity contribution is 7.90. The molecular weight excluding hydrogens is 226 g/mol.